The maximum Gasteiger partial charge on any atom is 0.127 e. The highest BCUT2D eigenvalue weighted by Gasteiger charge is 2.05. The van der Waals surface area contributed by atoms with Crippen LogP contribution in [-0.4, -0.2) is 9.78 Å². The first-order valence-electron chi connectivity index (χ1n) is 5.70. The third-order valence-electron chi connectivity index (χ3n) is 2.73. The van der Waals surface area contributed by atoms with E-state index in [0.717, 1.165) is 23.5 Å². The van der Waals surface area contributed by atoms with Crippen molar-refractivity contribution in [3.8, 4) is 0 Å². The van der Waals surface area contributed by atoms with E-state index >= 15 is 0 Å². The van der Waals surface area contributed by atoms with Crippen LogP contribution in [0.2, 0.25) is 0 Å². The Labute approximate surface area is 104 Å². The lowest BCUT2D eigenvalue weighted by Crippen LogP contribution is -2.16. The second-order valence-electron chi connectivity index (χ2n) is 4.24. The largest absolute Gasteiger partial charge is 0.307 e. The molecule has 1 N–H and O–H groups in total. The molecule has 0 radical (unpaired) electrons. The summed E-state index contributed by atoms with van der Waals surface area (Å²) in [6, 6.07) is 5.41. The van der Waals surface area contributed by atoms with Crippen LogP contribution in [0.5, 0.6) is 0 Å². The Balaban J connectivity index is 1.96. The third kappa shape index (κ3) is 2.92. The Morgan fingerprint density at radius 1 is 1.22 bits per heavy atom. The molecule has 0 unspecified atom stereocenters. The average molecular weight is 251 g/mol. The Morgan fingerprint density at radius 3 is 2.67 bits per heavy atom. The molecule has 2 rings (SSSR count). The smallest absolute Gasteiger partial charge is 0.127 e. The van der Waals surface area contributed by atoms with Gasteiger partial charge in [-0.05, 0) is 31.2 Å². The number of hydrogen-bond acceptors (Lipinski definition) is 2. The van der Waals surface area contributed by atoms with Crippen molar-refractivity contribution in [2.75, 3.05) is 0 Å². The third-order valence-corrected chi connectivity index (χ3v) is 2.73. The number of benzene rings is 1. The van der Waals surface area contributed by atoms with Crippen LogP contribution in [0.15, 0.2) is 24.3 Å². The van der Waals surface area contributed by atoms with Gasteiger partial charge in [0.1, 0.15) is 11.6 Å². The van der Waals surface area contributed by atoms with Crippen LogP contribution in [0.3, 0.4) is 0 Å². The maximum atomic E-state index is 13.4. The van der Waals surface area contributed by atoms with Gasteiger partial charge in [0.25, 0.3) is 0 Å². The Hall–Kier alpha value is -1.75. The summed E-state index contributed by atoms with van der Waals surface area (Å²) in [6.07, 6.45) is 0. The highest BCUT2D eigenvalue weighted by atomic mass is 19.1. The van der Waals surface area contributed by atoms with Crippen molar-refractivity contribution in [3.63, 3.8) is 0 Å². The lowest BCUT2D eigenvalue weighted by molar-refractivity contribution is 0.561. The van der Waals surface area contributed by atoms with E-state index in [0.29, 0.717) is 12.1 Å². The second-order valence-corrected chi connectivity index (χ2v) is 4.24. The number of halogens is 2. The molecule has 0 amide bonds. The molecule has 1 aromatic heterocycles. The van der Waals surface area contributed by atoms with E-state index in [1.54, 1.807) is 4.68 Å². The highest BCUT2D eigenvalue weighted by molar-refractivity contribution is 5.18. The Kier molecular flexibility index (Phi) is 3.72. The zero-order valence-corrected chi connectivity index (χ0v) is 10.4. The average Bonchev–Trinajstić information content (AvgIpc) is 2.62. The fourth-order valence-electron chi connectivity index (χ4n) is 1.83. The molecular formula is C13H15F2N3. The van der Waals surface area contributed by atoms with Crippen molar-refractivity contribution in [2.45, 2.75) is 20.0 Å². The normalized spacial score (nSPS) is 10.9. The van der Waals surface area contributed by atoms with Gasteiger partial charge in [0.2, 0.25) is 0 Å². The van der Waals surface area contributed by atoms with E-state index in [1.165, 1.54) is 6.07 Å². The van der Waals surface area contributed by atoms with Crippen molar-refractivity contribution in [1.82, 2.24) is 15.1 Å². The van der Waals surface area contributed by atoms with Crippen molar-refractivity contribution in [3.05, 3.63) is 52.9 Å². The first-order valence-corrected chi connectivity index (χ1v) is 5.70. The molecule has 96 valence electrons. The monoisotopic (exact) mass is 251 g/mol. The number of aryl methyl sites for hydroxylation is 2. The van der Waals surface area contributed by atoms with Gasteiger partial charge in [-0.2, -0.15) is 5.10 Å². The molecule has 1 heterocycles. The second kappa shape index (κ2) is 5.27. The molecule has 0 saturated carbocycles. The van der Waals surface area contributed by atoms with Gasteiger partial charge in [-0.3, -0.25) is 4.68 Å². The minimum absolute atomic E-state index is 0.286. The summed E-state index contributed by atoms with van der Waals surface area (Å²) in [4.78, 5) is 0. The quantitative estimate of drug-likeness (QED) is 0.903. The predicted octanol–water partition coefficient (Wildman–Crippen LogP) is 2.30. The summed E-state index contributed by atoms with van der Waals surface area (Å²) in [5, 5.41) is 7.28. The molecule has 0 spiro atoms. The van der Waals surface area contributed by atoms with Gasteiger partial charge in [0.15, 0.2) is 0 Å². The van der Waals surface area contributed by atoms with Gasteiger partial charge in [-0.1, -0.05) is 0 Å². The summed E-state index contributed by atoms with van der Waals surface area (Å²) >= 11 is 0. The molecule has 5 heteroatoms. The van der Waals surface area contributed by atoms with Gasteiger partial charge in [-0.25, -0.2) is 8.78 Å². The zero-order chi connectivity index (χ0) is 13.1. The molecular weight excluding hydrogens is 236 g/mol. The van der Waals surface area contributed by atoms with Crippen LogP contribution in [0.25, 0.3) is 0 Å². The molecule has 18 heavy (non-hydrogen) atoms. The fraction of sp³-hybridized carbons (Fsp3) is 0.308. The van der Waals surface area contributed by atoms with Crippen LogP contribution in [-0.2, 0) is 20.1 Å². The highest BCUT2D eigenvalue weighted by Crippen LogP contribution is 2.09. The summed E-state index contributed by atoms with van der Waals surface area (Å²) < 4.78 is 28.1. The van der Waals surface area contributed by atoms with Crippen LogP contribution < -0.4 is 5.32 Å². The zero-order valence-electron chi connectivity index (χ0n) is 10.4. The van der Waals surface area contributed by atoms with Gasteiger partial charge in [0.05, 0.1) is 11.4 Å². The van der Waals surface area contributed by atoms with Crippen LogP contribution >= 0.6 is 0 Å². The molecule has 0 aliphatic heterocycles. The number of nitrogens with one attached hydrogen (secondary N) is 1. The van der Waals surface area contributed by atoms with E-state index in [2.05, 4.69) is 10.4 Å². The van der Waals surface area contributed by atoms with Crippen molar-refractivity contribution < 1.29 is 8.78 Å². The maximum absolute atomic E-state index is 13.4. The number of nitrogens with zero attached hydrogens (tertiary/aromatic N) is 2. The van der Waals surface area contributed by atoms with Crippen molar-refractivity contribution in [1.29, 1.82) is 0 Å². The molecule has 0 aliphatic carbocycles. The van der Waals surface area contributed by atoms with Crippen molar-refractivity contribution >= 4 is 0 Å². The number of hydrogen-bond donors (Lipinski definition) is 1. The fourth-order valence-corrected chi connectivity index (χ4v) is 1.83. The molecule has 0 bridgehead atoms. The lowest BCUT2D eigenvalue weighted by atomic mass is 10.2. The number of aromatic nitrogens is 2. The topological polar surface area (TPSA) is 29.9 Å². The van der Waals surface area contributed by atoms with E-state index in [9.17, 15) is 8.78 Å². The molecule has 1 aromatic carbocycles. The van der Waals surface area contributed by atoms with Gasteiger partial charge < -0.3 is 5.32 Å². The van der Waals surface area contributed by atoms with Gasteiger partial charge >= 0.3 is 0 Å². The van der Waals surface area contributed by atoms with E-state index < -0.39 is 11.6 Å². The summed E-state index contributed by atoms with van der Waals surface area (Å²) in [5.41, 5.74) is 2.27. The van der Waals surface area contributed by atoms with E-state index in [1.807, 2.05) is 20.0 Å². The first-order chi connectivity index (χ1) is 8.56. The standard InChI is InChI=1S/C13H15F2N3/c1-9-5-12(18(2)17-9)8-16-7-10-6-11(14)3-4-13(10)15/h3-6,16H,7-8H2,1-2H3. The van der Waals surface area contributed by atoms with E-state index in [-0.39, 0.29) is 6.54 Å². The van der Waals surface area contributed by atoms with Gasteiger partial charge in [0, 0.05) is 25.7 Å². The Bertz CT molecular complexity index is 549. The predicted molar refractivity (Wildman–Crippen MR) is 64.8 cm³/mol. The van der Waals surface area contributed by atoms with Crippen LogP contribution in [0.4, 0.5) is 8.78 Å². The molecule has 0 aliphatic rings. The number of rotatable bonds is 4. The molecule has 0 atom stereocenters. The lowest BCUT2D eigenvalue weighted by Gasteiger charge is -2.06. The van der Waals surface area contributed by atoms with Gasteiger partial charge in [-0.15, -0.1) is 0 Å². The van der Waals surface area contributed by atoms with E-state index in [4.69, 9.17) is 0 Å². The molecule has 3 nitrogen and oxygen atoms in total. The van der Waals surface area contributed by atoms with Crippen molar-refractivity contribution in [2.24, 2.45) is 7.05 Å². The summed E-state index contributed by atoms with van der Waals surface area (Å²) in [6.45, 7) is 2.76. The molecule has 2 aromatic rings. The molecule has 0 saturated heterocycles. The Morgan fingerprint density at radius 2 is 2.00 bits per heavy atom. The summed E-state index contributed by atoms with van der Waals surface area (Å²) in [5.74, 6) is -0.824. The minimum Gasteiger partial charge on any atom is -0.307 e. The minimum atomic E-state index is -0.426. The SMILES string of the molecule is Cc1cc(CNCc2cc(F)ccc2F)n(C)n1. The van der Waals surface area contributed by atoms with Crippen LogP contribution in [0.1, 0.15) is 17.0 Å². The molecule has 0 fully saturated rings. The van der Waals surface area contributed by atoms with Crippen LogP contribution in [0, 0.1) is 18.6 Å². The summed E-state index contributed by atoms with van der Waals surface area (Å²) in [7, 11) is 1.85. The first kappa shape index (κ1) is 12.7.